The van der Waals surface area contributed by atoms with Gasteiger partial charge in [-0.2, -0.15) is 5.10 Å². The molecule has 2 atom stereocenters. The molecule has 2 N–H and O–H groups in total. The molecule has 0 aliphatic heterocycles. The zero-order valence-corrected chi connectivity index (χ0v) is 15.7. The zero-order chi connectivity index (χ0) is 18.8. The summed E-state index contributed by atoms with van der Waals surface area (Å²) in [6.45, 7) is 6.77. The first-order valence-corrected chi connectivity index (χ1v) is 9.20. The van der Waals surface area contributed by atoms with Gasteiger partial charge in [-0.1, -0.05) is 51.1 Å². The highest BCUT2D eigenvalue weighted by Gasteiger charge is 2.59. The number of rotatable bonds is 5. The summed E-state index contributed by atoms with van der Waals surface area (Å²) in [5, 5.41) is 6.97. The first-order valence-electron chi connectivity index (χ1n) is 9.20. The van der Waals surface area contributed by atoms with Gasteiger partial charge in [0.1, 0.15) is 0 Å². The molecule has 2 aliphatic carbocycles. The van der Waals surface area contributed by atoms with Crippen molar-refractivity contribution in [1.82, 2.24) is 10.7 Å². The summed E-state index contributed by atoms with van der Waals surface area (Å²) in [6, 6.07) is 9.54. The van der Waals surface area contributed by atoms with E-state index in [4.69, 9.17) is 0 Å². The van der Waals surface area contributed by atoms with Crippen LogP contribution in [0.15, 0.2) is 41.5 Å². The van der Waals surface area contributed by atoms with Crippen LogP contribution < -0.4 is 10.7 Å². The second-order valence-corrected chi connectivity index (χ2v) is 8.05. The Labute approximate surface area is 154 Å². The lowest BCUT2D eigenvalue weighted by Crippen LogP contribution is -2.37. The van der Waals surface area contributed by atoms with Crippen LogP contribution in [0.4, 0.5) is 0 Å². The Balaban J connectivity index is 1.48. The van der Waals surface area contributed by atoms with Gasteiger partial charge in [0.15, 0.2) is 0 Å². The molecule has 0 heterocycles. The number of hydrogen-bond acceptors (Lipinski definition) is 3. The number of carbonyl (C=O) groups excluding carboxylic acids is 2. The smallest absolute Gasteiger partial charge is 0.259 e. The fourth-order valence-electron chi connectivity index (χ4n) is 4.23. The molecule has 2 fully saturated rings. The monoisotopic (exact) mass is 353 g/mol. The molecule has 5 nitrogen and oxygen atoms in total. The lowest BCUT2D eigenvalue weighted by molar-refractivity contribution is -0.123. The van der Waals surface area contributed by atoms with E-state index >= 15 is 0 Å². The van der Waals surface area contributed by atoms with Gasteiger partial charge in [0, 0.05) is 17.2 Å². The number of amides is 2. The van der Waals surface area contributed by atoms with Crippen molar-refractivity contribution < 1.29 is 9.59 Å². The highest BCUT2D eigenvalue weighted by atomic mass is 16.2. The molecule has 2 amide bonds. The first kappa shape index (κ1) is 18.4. The molecule has 2 saturated carbocycles. The summed E-state index contributed by atoms with van der Waals surface area (Å²) in [7, 11) is 0. The standard InChI is InChI=1S/C21H27N3O2/c1-20(2)16-11-12-21(20,3)17(13-16)23-24-19(26)14-22-18(25)10-9-15-7-5-4-6-8-15/h4-10,16H,11-14H2,1-3H3,(H,22,25)(H,24,26)/b10-9+,23-17+/t16-,21+/m1/s1. The van der Waals surface area contributed by atoms with Gasteiger partial charge < -0.3 is 5.32 Å². The van der Waals surface area contributed by atoms with E-state index in [9.17, 15) is 9.59 Å². The van der Waals surface area contributed by atoms with Crippen molar-refractivity contribution in [2.45, 2.75) is 40.0 Å². The predicted octanol–water partition coefficient (Wildman–Crippen LogP) is 3.13. The summed E-state index contributed by atoms with van der Waals surface area (Å²) >= 11 is 0. The van der Waals surface area contributed by atoms with E-state index in [-0.39, 0.29) is 29.2 Å². The number of carbonyl (C=O) groups is 2. The maximum Gasteiger partial charge on any atom is 0.259 e. The molecule has 2 aliphatic rings. The maximum atomic E-state index is 12.0. The van der Waals surface area contributed by atoms with Gasteiger partial charge in [0.05, 0.1) is 6.54 Å². The van der Waals surface area contributed by atoms with E-state index in [1.807, 2.05) is 30.3 Å². The normalized spacial score (nSPS) is 27.8. The summed E-state index contributed by atoms with van der Waals surface area (Å²) in [6.07, 6.45) is 6.45. The van der Waals surface area contributed by atoms with Crippen LogP contribution in [0.3, 0.4) is 0 Å². The van der Waals surface area contributed by atoms with Crippen molar-refractivity contribution in [3.8, 4) is 0 Å². The lowest BCUT2D eigenvalue weighted by atomic mass is 9.70. The molecule has 3 rings (SSSR count). The van der Waals surface area contributed by atoms with Gasteiger partial charge in [-0.05, 0) is 42.2 Å². The van der Waals surface area contributed by atoms with E-state index in [1.165, 1.54) is 12.5 Å². The molecule has 0 aromatic heterocycles. The molecule has 0 radical (unpaired) electrons. The van der Waals surface area contributed by atoms with Crippen molar-refractivity contribution in [3.05, 3.63) is 42.0 Å². The summed E-state index contributed by atoms with van der Waals surface area (Å²) in [5.41, 5.74) is 4.92. The largest absolute Gasteiger partial charge is 0.343 e. The third kappa shape index (κ3) is 3.43. The van der Waals surface area contributed by atoms with Gasteiger partial charge in [-0.25, -0.2) is 5.43 Å². The number of hydrogen-bond donors (Lipinski definition) is 2. The summed E-state index contributed by atoms with van der Waals surface area (Å²) < 4.78 is 0. The minimum Gasteiger partial charge on any atom is -0.343 e. The van der Waals surface area contributed by atoms with Crippen LogP contribution in [0.5, 0.6) is 0 Å². The molecule has 1 aromatic carbocycles. The van der Waals surface area contributed by atoms with Gasteiger partial charge >= 0.3 is 0 Å². The summed E-state index contributed by atoms with van der Waals surface area (Å²) in [4.78, 5) is 23.8. The van der Waals surface area contributed by atoms with Crippen molar-refractivity contribution in [3.63, 3.8) is 0 Å². The third-order valence-electron chi connectivity index (χ3n) is 6.48. The Morgan fingerprint density at radius 2 is 1.96 bits per heavy atom. The first-order chi connectivity index (χ1) is 12.3. The van der Waals surface area contributed by atoms with E-state index < -0.39 is 0 Å². The van der Waals surface area contributed by atoms with Crippen LogP contribution in [0, 0.1) is 16.7 Å². The second-order valence-electron chi connectivity index (χ2n) is 8.05. The maximum absolute atomic E-state index is 12.0. The van der Waals surface area contributed by atoms with E-state index in [2.05, 4.69) is 36.6 Å². The SMILES string of the molecule is CC1(C)[C@@H]2CC[C@@]1(C)/C(=N/NC(=O)CNC(=O)/C=C/c1ccccc1)C2. The minimum absolute atomic E-state index is 0.0621. The minimum atomic E-state index is -0.303. The predicted molar refractivity (Wildman–Crippen MR) is 103 cm³/mol. The Morgan fingerprint density at radius 3 is 2.58 bits per heavy atom. The van der Waals surface area contributed by atoms with E-state index in [0.29, 0.717) is 5.92 Å². The summed E-state index contributed by atoms with van der Waals surface area (Å²) in [5.74, 6) is 0.0405. The fraction of sp³-hybridized carbons (Fsp3) is 0.476. The number of benzene rings is 1. The number of nitrogens with one attached hydrogen (secondary N) is 2. The van der Waals surface area contributed by atoms with Gasteiger partial charge in [-0.15, -0.1) is 0 Å². The van der Waals surface area contributed by atoms with Crippen LogP contribution >= 0.6 is 0 Å². The van der Waals surface area contributed by atoms with E-state index in [1.54, 1.807) is 6.08 Å². The van der Waals surface area contributed by atoms with Crippen LogP contribution in [-0.4, -0.2) is 24.1 Å². The van der Waals surface area contributed by atoms with Crippen molar-refractivity contribution >= 4 is 23.6 Å². The average molecular weight is 353 g/mol. The molecule has 0 unspecified atom stereocenters. The number of fused-ring (bicyclic) bond motifs is 2. The van der Waals surface area contributed by atoms with Gasteiger partial charge in [-0.3, -0.25) is 9.59 Å². The van der Waals surface area contributed by atoms with Crippen molar-refractivity contribution in [1.29, 1.82) is 0 Å². The van der Waals surface area contributed by atoms with Crippen LogP contribution in [-0.2, 0) is 9.59 Å². The Hall–Kier alpha value is -2.43. The third-order valence-corrected chi connectivity index (χ3v) is 6.48. The lowest BCUT2D eigenvalue weighted by Gasteiger charge is -2.34. The van der Waals surface area contributed by atoms with Crippen LogP contribution in [0.2, 0.25) is 0 Å². The highest BCUT2D eigenvalue weighted by Crippen LogP contribution is 2.63. The fourth-order valence-corrected chi connectivity index (χ4v) is 4.23. The molecule has 5 heteroatoms. The van der Waals surface area contributed by atoms with Crippen molar-refractivity contribution in [2.24, 2.45) is 21.8 Å². The molecule has 26 heavy (non-hydrogen) atoms. The zero-order valence-electron chi connectivity index (χ0n) is 15.7. The molecular formula is C21H27N3O2. The second kappa shape index (κ2) is 7.06. The van der Waals surface area contributed by atoms with Crippen LogP contribution in [0.25, 0.3) is 6.08 Å². The Kier molecular flexibility index (Phi) is 4.99. The highest BCUT2D eigenvalue weighted by molar-refractivity contribution is 5.96. The molecule has 1 aromatic rings. The Bertz CT molecular complexity index is 752. The van der Waals surface area contributed by atoms with Gasteiger partial charge in [0.25, 0.3) is 5.91 Å². The quantitative estimate of drug-likeness (QED) is 0.631. The van der Waals surface area contributed by atoms with Gasteiger partial charge in [0.2, 0.25) is 5.91 Å². The topological polar surface area (TPSA) is 70.6 Å². The molecule has 0 saturated heterocycles. The number of hydrazone groups is 1. The number of nitrogens with zero attached hydrogens (tertiary/aromatic N) is 1. The van der Waals surface area contributed by atoms with E-state index in [0.717, 1.165) is 24.1 Å². The Morgan fingerprint density at radius 1 is 1.23 bits per heavy atom. The molecule has 138 valence electrons. The average Bonchev–Trinajstić information content (AvgIpc) is 2.97. The van der Waals surface area contributed by atoms with Crippen molar-refractivity contribution in [2.75, 3.05) is 6.54 Å². The molecule has 0 spiro atoms. The molecular weight excluding hydrogens is 326 g/mol. The van der Waals surface area contributed by atoms with Crippen LogP contribution in [0.1, 0.15) is 45.6 Å². The molecule has 2 bridgehead atoms.